The van der Waals surface area contributed by atoms with Gasteiger partial charge in [-0.1, -0.05) is 35.3 Å². The van der Waals surface area contributed by atoms with E-state index in [-0.39, 0.29) is 27.8 Å². The maximum atomic E-state index is 12.9. The van der Waals surface area contributed by atoms with Crippen molar-refractivity contribution in [2.24, 2.45) is 10.7 Å². The molecular formula is C22H19Cl2N5O3. The molecule has 0 bridgehead atoms. The Labute approximate surface area is 194 Å². The fourth-order valence-electron chi connectivity index (χ4n) is 2.79. The van der Waals surface area contributed by atoms with E-state index in [1.165, 1.54) is 25.4 Å². The number of nitrogens with two attached hydrogens (primary N) is 1. The molecule has 8 nitrogen and oxygen atoms in total. The number of methoxy groups -OCH3 is 1. The SMILES string of the molecule is CN=C(N)c1ccc(C(=O)Nc2c(OC)cc(Cl)cc2C(=O)Nc2ccc(Cl)cn2)cc1. The van der Waals surface area contributed by atoms with Crippen LogP contribution >= 0.6 is 23.2 Å². The minimum atomic E-state index is -0.543. The number of hydrogen-bond acceptors (Lipinski definition) is 5. The highest BCUT2D eigenvalue weighted by molar-refractivity contribution is 6.32. The van der Waals surface area contributed by atoms with Gasteiger partial charge in [-0.3, -0.25) is 14.6 Å². The second-order valence-electron chi connectivity index (χ2n) is 6.49. The lowest BCUT2D eigenvalue weighted by atomic mass is 10.1. The first-order valence-corrected chi connectivity index (χ1v) is 10.0. The van der Waals surface area contributed by atoms with Gasteiger partial charge in [-0.25, -0.2) is 4.98 Å². The molecule has 164 valence electrons. The number of aromatic nitrogens is 1. The van der Waals surface area contributed by atoms with Crippen LogP contribution in [0.2, 0.25) is 10.0 Å². The van der Waals surface area contributed by atoms with Gasteiger partial charge in [0.15, 0.2) is 0 Å². The third-order valence-electron chi connectivity index (χ3n) is 4.42. The van der Waals surface area contributed by atoms with Crippen molar-refractivity contribution in [3.05, 3.63) is 81.5 Å². The van der Waals surface area contributed by atoms with Crippen LogP contribution in [0.15, 0.2) is 59.7 Å². The zero-order valence-corrected chi connectivity index (χ0v) is 18.7. The Morgan fingerprint density at radius 3 is 2.25 bits per heavy atom. The molecule has 0 unspecified atom stereocenters. The van der Waals surface area contributed by atoms with Gasteiger partial charge in [0.25, 0.3) is 11.8 Å². The van der Waals surface area contributed by atoms with Crippen molar-refractivity contribution in [3.8, 4) is 5.75 Å². The van der Waals surface area contributed by atoms with E-state index in [1.54, 1.807) is 43.4 Å². The predicted molar refractivity (Wildman–Crippen MR) is 126 cm³/mol. The van der Waals surface area contributed by atoms with Crippen molar-refractivity contribution < 1.29 is 14.3 Å². The van der Waals surface area contributed by atoms with E-state index in [0.29, 0.717) is 22.0 Å². The van der Waals surface area contributed by atoms with Crippen molar-refractivity contribution in [1.29, 1.82) is 0 Å². The number of amides is 2. The zero-order valence-electron chi connectivity index (χ0n) is 17.1. The number of anilines is 2. The van der Waals surface area contributed by atoms with Gasteiger partial charge in [-0.05, 0) is 30.3 Å². The Bertz CT molecular complexity index is 1180. The van der Waals surface area contributed by atoms with E-state index in [9.17, 15) is 9.59 Å². The summed E-state index contributed by atoms with van der Waals surface area (Å²) in [4.78, 5) is 33.8. The number of carbonyl (C=O) groups excluding carboxylic acids is 2. The summed E-state index contributed by atoms with van der Waals surface area (Å²) in [6, 6.07) is 12.6. The van der Waals surface area contributed by atoms with E-state index in [1.807, 2.05) is 0 Å². The fourth-order valence-corrected chi connectivity index (χ4v) is 3.11. The van der Waals surface area contributed by atoms with Crippen LogP contribution in [0.4, 0.5) is 11.5 Å². The van der Waals surface area contributed by atoms with Gasteiger partial charge in [-0.15, -0.1) is 0 Å². The average molecular weight is 472 g/mol. The summed E-state index contributed by atoms with van der Waals surface area (Å²) in [6.07, 6.45) is 1.40. The van der Waals surface area contributed by atoms with Crippen LogP contribution in [0.5, 0.6) is 5.75 Å². The molecule has 2 amide bonds. The van der Waals surface area contributed by atoms with Crippen LogP contribution < -0.4 is 21.1 Å². The minimum Gasteiger partial charge on any atom is -0.494 e. The Balaban J connectivity index is 1.91. The molecule has 0 radical (unpaired) electrons. The fraction of sp³-hybridized carbons (Fsp3) is 0.0909. The van der Waals surface area contributed by atoms with E-state index in [2.05, 4.69) is 20.6 Å². The highest BCUT2D eigenvalue weighted by atomic mass is 35.5. The van der Waals surface area contributed by atoms with Crippen molar-refractivity contribution >= 4 is 52.4 Å². The highest BCUT2D eigenvalue weighted by Gasteiger charge is 2.21. The minimum absolute atomic E-state index is 0.0958. The first-order chi connectivity index (χ1) is 15.3. The summed E-state index contributed by atoms with van der Waals surface area (Å²) >= 11 is 12.0. The van der Waals surface area contributed by atoms with Gasteiger partial charge in [0.1, 0.15) is 17.4 Å². The van der Waals surface area contributed by atoms with Crippen molar-refractivity contribution in [2.75, 3.05) is 24.8 Å². The molecule has 0 aliphatic rings. The number of halogens is 2. The first kappa shape index (κ1) is 23.1. The van der Waals surface area contributed by atoms with Crippen LogP contribution in [0.1, 0.15) is 26.3 Å². The number of benzene rings is 2. The average Bonchev–Trinajstić information content (AvgIpc) is 2.80. The van der Waals surface area contributed by atoms with Gasteiger partial charge in [0.05, 0.1) is 23.4 Å². The second-order valence-corrected chi connectivity index (χ2v) is 7.36. The Hall–Kier alpha value is -3.62. The molecule has 0 spiro atoms. The van der Waals surface area contributed by atoms with Gasteiger partial charge < -0.3 is 21.1 Å². The molecule has 0 saturated carbocycles. The van der Waals surface area contributed by atoms with Gasteiger partial charge in [0.2, 0.25) is 0 Å². The third kappa shape index (κ3) is 5.35. The number of nitrogens with zero attached hydrogens (tertiary/aromatic N) is 2. The second kappa shape index (κ2) is 10.1. The summed E-state index contributed by atoms with van der Waals surface area (Å²) < 4.78 is 5.34. The summed E-state index contributed by atoms with van der Waals surface area (Å²) in [6.45, 7) is 0. The maximum absolute atomic E-state index is 12.9. The lowest BCUT2D eigenvalue weighted by Crippen LogP contribution is -2.20. The monoisotopic (exact) mass is 471 g/mol. The molecule has 1 heterocycles. The van der Waals surface area contributed by atoms with Gasteiger partial charge in [-0.2, -0.15) is 0 Å². The molecule has 3 aromatic rings. The van der Waals surface area contributed by atoms with E-state index < -0.39 is 11.8 Å². The van der Waals surface area contributed by atoms with E-state index in [0.717, 1.165) is 0 Å². The van der Waals surface area contributed by atoms with E-state index in [4.69, 9.17) is 33.7 Å². The summed E-state index contributed by atoms with van der Waals surface area (Å²) in [5.74, 6) is -0.146. The van der Waals surface area contributed by atoms with Crippen LogP contribution in [-0.4, -0.2) is 36.8 Å². The summed E-state index contributed by atoms with van der Waals surface area (Å²) in [5.41, 5.74) is 7.07. The molecule has 0 aliphatic heterocycles. The number of rotatable bonds is 6. The molecule has 10 heteroatoms. The third-order valence-corrected chi connectivity index (χ3v) is 4.86. The largest absolute Gasteiger partial charge is 0.494 e. The standard InChI is InChI=1S/C22H19Cl2N5O3/c1-26-20(25)12-3-5-13(6-4-12)21(30)29-19-16(9-15(24)10-17(19)32-2)22(31)28-18-8-7-14(23)11-27-18/h3-11H,1-2H3,(H2,25,26)(H,29,30)(H,27,28,31). The number of nitrogens with one attached hydrogen (secondary N) is 2. The summed E-state index contributed by atoms with van der Waals surface area (Å²) in [5, 5.41) is 6.05. The molecule has 2 aromatic carbocycles. The quantitative estimate of drug-likeness (QED) is 0.366. The first-order valence-electron chi connectivity index (χ1n) is 9.27. The molecule has 0 fully saturated rings. The highest BCUT2D eigenvalue weighted by Crippen LogP contribution is 2.33. The van der Waals surface area contributed by atoms with Gasteiger partial charge in [0, 0.05) is 35.5 Å². The van der Waals surface area contributed by atoms with Crippen molar-refractivity contribution in [3.63, 3.8) is 0 Å². The Morgan fingerprint density at radius 1 is 0.969 bits per heavy atom. The van der Waals surface area contributed by atoms with Crippen LogP contribution in [0.25, 0.3) is 0 Å². The molecule has 0 aliphatic carbocycles. The maximum Gasteiger partial charge on any atom is 0.259 e. The lowest BCUT2D eigenvalue weighted by molar-refractivity contribution is 0.102. The van der Waals surface area contributed by atoms with Crippen LogP contribution in [0, 0.1) is 0 Å². The van der Waals surface area contributed by atoms with Crippen LogP contribution in [-0.2, 0) is 0 Å². The van der Waals surface area contributed by atoms with Crippen LogP contribution in [0.3, 0.4) is 0 Å². The molecule has 0 saturated heterocycles. The smallest absolute Gasteiger partial charge is 0.259 e. The number of aliphatic imine (C=N–C) groups is 1. The number of pyridine rings is 1. The normalized spacial score (nSPS) is 11.1. The Morgan fingerprint density at radius 2 is 1.66 bits per heavy atom. The number of amidine groups is 1. The van der Waals surface area contributed by atoms with E-state index >= 15 is 0 Å². The number of ether oxygens (including phenoxy) is 1. The van der Waals surface area contributed by atoms with Crippen molar-refractivity contribution in [1.82, 2.24) is 4.98 Å². The number of hydrogen-bond donors (Lipinski definition) is 3. The molecule has 0 atom stereocenters. The topological polar surface area (TPSA) is 119 Å². The molecule has 4 N–H and O–H groups in total. The van der Waals surface area contributed by atoms with Crippen molar-refractivity contribution in [2.45, 2.75) is 0 Å². The Kier molecular flexibility index (Phi) is 7.29. The predicted octanol–water partition coefficient (Wildman–Crippen LogP) is 4.24. The molecule has 1 aromatic heterocycles. The lowest BCUT2D eigenvalue weighted by Gasteiger charge is -2.16. The summed E-state index contributed by atoms with van der Waals surface area (Å²) in [7, 11) is 2.99. The molecule has 32 heavy (non-hydrogen) atoms. The molecule has 3 rings (SSSR count). The number of carbonyl (C=O) groups is 2. The zero-order chi connectivity index (χ0) is 23.3. The van der Waals surface area contributed by atoms with Gasteiger partial charge >= 0.3 is 0 Å². The molecular weight excluding hydrogens is 453 g/mol.